The number of aliphatic hydroxyl groups is 1. The predicted octanol–water partition coefficient (Wildman–Crippen LogP) is 1.09. The second-order valence-electron chi connectivity index (χ2n) is 2.81. The van der Waals surface area contributed by atoms with Crippen LogP contribution in [0.3, 0.4) is 0 Å². The molecule has 0 radical (unpaired) electrons. The molecule has 0 bridgehead atoms. The smallest absolute Gasteiger partial charge is 0.255 e. The van der Waals surface area contributed by atoms with Crippen molar-refractivity contribution in [2.45, 2.75) is 6.42 Å². The minimum Gasteiger partial charge on any atom is -0.396 e. The summed E-state index contributed by atoms with van der Waals surface area (Å²) in [6.07, 6.45) is 1.83. The Bertz CT molecular complexity index is 334. The van der Waals surface area contributed by atoms with Gasteiger partial charge in [-0.25, -0.2) is 0 Å². The van der Waals surface area contributed by atoms with Crippen LogP contribution >= 0.6 is 0 Å². The first-order valence-corrected chi connectivity index (χ1v) is 4.40. The fourth-order valence-electron chi connectivity index (χ4n) is 1.25. The third kappa shape index (κ3) is 2.44. The van der Waals surface area contributed by atoms with Gasteiger partial charge in [0, 0.05) is 12.2 Å². The van der Waals surface area contributed by atoms with Crippen LogP contribution in [0.5, 0.6) is 0 Å². The SMILES string of the molecule is C=CNC(=O)c1ccccc1CCO. The molecule has 1 rings (SSSR count). The maximum absolute atomic E-state index is 11.5. The van der Waals surface area contributed by atoms with Crippen molar-refractivity contribution in [1.29, 1.82) is 0 Å². The molecule has 74 valence electrons. The summed E-state index contributed by atoms with van der Waals surface area (Å²) in [5, 5.41) is 11.3. The Kier molecular flexibility index (Phi) is 3.88. The first kappa shape index (κ1) is 10.5. The molecule has 1 amide bonds. The van der Waals surface area contributed by atoms with Crippen molar-refractivity contribution in [3.05, 3.63) is 48.2 Å². The summed E-state index contributed by atoms with van der Waals surface area (Å²) in [5.74, 6) is -0.191. The van der Waals surface area contributed by atoms with E-state index in [2.05, 4.69) is 11.9 Å². The van der Waals surface area contributed by atoms with Gasteiger partial charge in [0.1, 0.15) is 0 Å². The summed E-state index contributed by atoms with van der Waals surface area (Å²) in [6.45, 7) is 3.46. The molecule has 1 aromatic carbocycles. The standard InChI is InChI=1S/C11H13NO2/c1-2-12-11(14)10-6-4-3-5-9(10)7-8-13/h2-6,13H,1,7-8H2,(H,12,14). The van der Waals surface area contributed by atoms with Crippen molar-refractivity contribution in [1.82, 2.24) is 5.32 Å². The van der Waals surface area contributed by atoms with Crippen molar-refractivity contribution in [2.75, 3.05) is 6.61 Å². The van der Waals surface area contributed by atoms with Gasteiger partial charge in [0.15, 0.2) is 0 Å². The van der Waals surface area contributed by atoms with Gasteiger partial charge in [0.2, 0.25) is 0 Å². The molecule has 0 fully saturated rings. The van der Waals surface area contributed by atoms with Crippen molar-refractivity contribution in [3.63, 3.8) is 0 Å². The Labute approximate surface area is 83.1 Å². The predicted molar refractivity (Wildman–Crippen MR) is 54.9 cm³/mol. The van der Waals surface area contributed by atoms with Gasteiger partial charge in [0.25, 0.3) is 5.91 Å². The van der Waals surface area contributed by atoms with Crippen LogP contribution in [0.25, 0.3) is 0 Å². The lowest BCUT2D eigenvalue weighted by molar-refractivity contribution is 0.0969. The van der Waals surface area contributed by atoms with Crippen LogP contribution in [-0.2, 0) is 6.42 Å². The topological polar surface area (TPSA) is 49.3 Å². The number of hydrogen-bond donors (Lipinski definition) is 2. The number of benzene rings is 1. The minimum absolute atomic E-state index is 0.0401. The molecular weight excluding hydrogens is 178 g/mol. The van der Waals surface area contributed by atoms with Gasteiger partial charge in [-0.05, 0) is 24.3 Å². The van der Waals surface area contributed by atoms with Gasteiger partial charge in [-0.1, -0.05) is 24.8 Å². The maximum atomic E-state index is 11.5. The van der Waals surface area contributed by atoms with E-state index in [0.29, 0.717) is 12.0 Å². The summed E-state index contributed by atoms with van der Waals surface area (Å²) in [7, 11) is 0. The van der Waals surface area contributed by atoms with Crippen molar-refractivity contribution >= 4 is 5.91 Å². The second kappa shape index (κ2) is 5.19. The Morgan fingerprint density at radius 2 is 2.21 bits per heavy atom. The molecule has 0 saturated heterocycles. The molecule has 3 heteroatoms. The van der Waals surface area contributed by atoms with Crippen LogP contribution in [0, 0.1) is 0 Å². The lowest BCUT2D eigenvalue weighted by Gasteiger charge is -2.06. The van der Waals surface area contributed by atoms with Crippen LogP contribution in [0.1, 0.15) is 15.9 Å². The van der Waals surface area contributed by atoms with E-state index in [1.165, 1.54) is 6.20 Å². The van der Waals surface area contributed by atoms with Gasteiger partial charge in [-0.15, -0.1) is 0 Å². The second-order valence-corrected chi connectivity index (χ2v) is 2.81. The molecule has 0 spiro atoms. The molecule has 0 unspecified atom stereocenters. The van der Waals surface area contributed by atoms with Gasteiger partial charge < -0.3 is 10.4 Å². The van der Waals surface area contributed by atoms with E-state index in [9.17, 15) is 4.79 Å². The molecular formula is C11H13NO2. The van der Waals surface area contributed by atoms with E-state index < -0.39 is 0 Å². The third-order valence-electron chi connectivity index (χ3n) is 1.88. The average Bonchev–Trinajstić information content (AvgIpc) is 2.19. The molecule has 1 aromatic rings. The molecule has 0 atom stereocenters. The highest BCUT2D eigenvalue weighted by molar-refractivity contribution is 5.96. The Morgan fingerprint density at radius 3 is 2.86 bits per heavy atom. The molecule has 0 saturated carbocycles. The number of hydrogen-bond acceptors (Lipinski definition) is 2. The van der Waals surface area contributed by atoms with Crippen LogP contribution in [0.15, 0.2) is 37.0 Å². The van der Waals surface area contributed by atoms with Crippen molar-refractivity contribution in [2.24, 2.45) is 0 Å². The number of rotatable bonds is 4. The maximum Gasteiger partial charge on any atom is 0.255 e. The third-order valence-corrected chi connectivity index (χ3v) is 1.88. The summed E-state index contributed by atoms with van der Waals surface area (Å²) >= 11 is 0. The Balaban J connectivity index is 2.93. The molecule has 0 heterocycles. The zero-order valence-electron chi connectivity index (χ0n) is 7.86. The summed E-state index contributed by atoms with van der Waals surface area (Å²) in [4.78, 5) is 11.5. The fourth-order valence-corrected chi connectivity index (χ4v) is 1.25. The van der Waals surface area contributed by atoms with Gasteiger partial charge >= 0.3 is 0 Å². The highest BCUT2D eigenvalue weighted by atomic mass is 16.3. The molecule has 0 aliphatic heterocycles. The highest BCUT2D eigenvalue weighted by Gasteiger charge is 2.07. The minimum atomic E-state index is -0.191. The number of nitrogens with one attached hydrogen (secondary N) is 1. The van der Waals surface area contributed by atoms with Gasteiger partial charge in [-0.3, -0.25) is 4.79 Å². The largest absolute Gasteiger partial charge is 0.396 e. The zero-order valence-corrected chi connectivity index (χ0v) is 7.86. The van der Waals surface area contributed by atoms with Crippen LogP contribution in [-0.4, -0.2) is 17.6 Å². The van der Waals surface area contributed by atoms with E-state index >= 15 is 0 Å². The lowest BCUT2D eigenvalue weighted by atomic mass is 10.0. The molecule has 14 heavy (non-hydrogen) atoms. The highest BCUT2D eigenvalue weighted by Crippen LogP contribution is 2.08. The molecule has 2 N–H and O–H groups in total. The van der Waals surface area contributed by atoms with E-state index in [1.54, 1.807) is 12.1 Å². The quantitative estimate of drug-likeness (QED) is 0.748. The first-order chi connectivity index (χ1) is 6.79. The molecule has 0 aromatic heterocycles. The normalized spacial score (nSPS) is 9.50. The Hall–Kier alpha value is -1.61. The van der Waals surface area contributed by atoms with Crippen molar-refractivity contribution < 1.29 is 9.90 Å². The van der Waals surface area contributed by atoms with E-state index in [-0.39, 0.29) is 12.5 Å². The first-order valence-electron chi connectivity index (χ1n) is 4.40. The number of amides is 1. The van der Waals surface area contributed by atoms with Crippen LogP contribution < -0.4 is 5.32 Å². The fraction of sp³-hybridized carbons (Fsp3) is 0.182. The average molecular weight is 191 g/mol. The zero-order chi connectivity index (χ0) is 10.4. The van der Waals surface area contributed by atoms with Crippen LogP contribution in [0.2, 0.25) is 0 Å². The van der Waals surface area contributed by atoms with E-state index in [1.807, 2.05) is 12.1 Å². The summed E-state index contributed by atoms with van der Waals surface area (Å²) < 4.78 is 0. The van der Waals surface area contributed by atoms with E-state index in [4.69, 9.17) is 5.11 Å². The number of carbonyl (C=O) groups excluding carboxylic acids is 1. The number of aliphatic hydroxyl groups excluding tert-OH is 1. The molecule has 3 nitrogen and oxygen atoms in total. The summed E-state index contributed by atoms with van der Waals surface area (Å²) in [6, 6.07) is 7.19. The number of carbonyl (C=O) groups is 1. The lowest BCUT2D eigenvalue weighted by Crippen LogP contribution is -2.18. The Morgan fingerprint density at radius 1 is 1.50 bits per heavy atom. The van der Waals surface area contributed by atoms with Gasteiger partial charge in [-0.2, -0.15) is 0 Å². The van der Waals surface area contributed by atoms with E-state index in [0.717, 1.165) is 5.56 Å². The van der Waals surface area contributed by atoms with Crippen molar-refractivity contribution in [3.8, 4) is 0 Å². The molecule has 0 aliphatic carbocycles. The van der Waals surface area contributed by atoms with Crippen LogP contribution in [0.4, 0.5) is 0 Å². The monoisotopic (exact) mass is 191 g/mol. The molecule has 0 aliphatic rings. The summed E-state index contributed by atoms with van der Waals surface area (Å²) in [5.41, 5.74) is 1.43. The van der Waals surface area contributed by atoms with Gasteiger partial charge in [0.05, 0.1) is 0 Å².